The van der Waals surface area contributed by atoms with Crippen LogP contribution in [0.5, 0.6) is 0 Å². The molecule has 2 amide bonds. The summed E-state index contributed by atoms with van der Waals surface area (Å²) in [4.78, 5) is 45.9. The molecular formula is C47H47N3O8Si. The Morgan fingerprint density at radius 3 is 2.27 bits per heavy atom. The van der Waals surface area contributed by atoms with E-state index in [1.807, 2.05) is 66.7 Å². The Morgan fingerprint density at radius 2 is 1.64 bits per heavy atom. The fraction of sp³-hybridized carbons (Fsp3) is 0.298. The SMILES string of the molecule is CC(C)(C)[Si](OCC1=C2[C@@H](CC/C(=C/c3ccc(CO)o3)c3ccccn3)OC[C@@H]2[C@@H]2C(=O)N(c3cccc([N+](=O)[O-])c3)C(=O)[C@@H]2C1)(c1ccccc1)c1ccccc1. The van der Waals surface area contributed by atoms with Crippen LogP contribution in [0.3, 0.4) is 0 Å². The summed E-state index contributed by atoms with van der Waals surface area (Å²) in [6.45, 7) is 6.94. The number of carbonyl (C=O) groups is 2. The van der Waals surface area contributed by atoms with Gasteiger partial charge in [-0.05, 0) is 87.8 Å². The molecule has 3 aromatic carbocycles. The molecule has 8 rings (SSSR count). The zero-order valence-electron chi connectivity index (χ0n) is 33.3. The molecule has 0 bridgehead atoms. The number of non-ortho nitro benzene ring substituents is 1. The topological polar surface area (TPSA) is 145 Å². The van der Waals surface area contributed by atoms with E-state index in [0.29, 0.717) is 30.8 Å². The summed E-state index contributed by atoms with van der Waals surface area (Å²) in [5.41, 5.74) is 3.64. The molecule has 1 N–H and O–H groups in total. The minimum Gasteiger partial charge on any atom is -0.459 e. The maximum Gasteiger partial charge on any atom is 0.271 e. The van der Waals surface area contributed by atoms with Crippen molar-refractivity contribution in [3.8, 4) is 0 Å². The predicted molar refractivity (Wildman–Crippen MR) is 227 cm³/mol. The molecule has 2 aromatic heterocycles. The lowest BCUT2D eigenvalue weighted by Gasteiger charge is -2.44. The minimum absolute atomic E-state index is 0.193. The molecule has 59 heavy (non-hydrogen) atoms. The first-order valence-corrected chi connectivity index (χ1v) is 21.9. The van der Waals surface area contributed by atoms with Gasteiger partial charge in [-0.1, -0.05) is 93.6 Å². The highest BCUT2D eigenvalue weighted by Gasteiger charge is 2.58. The second-order valence-electron chi connectivity index (χ2n) is 16.4. The van der Waals surface area contributed by atoms with Crippen LogP contribution in [-0.4, -0.2) is 54.5 Å². The number of anilines is 1. The number of hydrogen-bond acceptors (Lipinski definition) is 9. The summed E-state index contributed by atoms with van der Waals surface area (Å²) in [6, 6.07) is 35.8. The van der Waals surface area contributed by atoms with E-state index in [-0.39, 0.29) is 54.2 Å². The first-order chi connectivity index (χ1) is 28.5. The molecule has 302 valence electrons. The van der Waals surface area contributed by atoms with E-state index in [9.17, 15) is 24.8 Å². The van der Waals surface area contributed by atoms with E-state index in [0.717, 1.165) is 37.7 Å². The second kappa shape index (κ2) is 16.5. The van der Waals surface area contributed by atoms with Crippen molar-refractivity contribution in [3.63, 3.8) is 0 Å². The molecule has 0 spiro atoms. The fourth-order valence-corrected chi connectivity index (χ4v) is 14.0. The van der Waals surface area contributed by atoms with Gasteiger partial charge < -0.3 is 18.7 Å². The van der Waals surface area contributed by atoms with Crippen LogP contribution in [0.25, 0.3) is 11.6 Å². The van der Waals surface area contributed by atoms with Gasteiger partial charge in [-0.3, -0.25) is 24.7 Å². The number of aliphatic hydroxyl groups is 1. The van der Waals surface area contributed by atoms with Crippen molar-refractivity contribution in [2.45, 2.75) is 57.8 Å². The number of rotatable bonds is 13. The standard InChI is InChI=1S/C47H47N3O8Si/c1-47(2,3)59(37-15-6-4-7-16-37,38-17-8-5-9-18-38)57-29-32-26-39-44(46(53)49(45(39)52)33-13-12-14-34(27-33)50(54)55)40-30-56-42(43(32)40)23-20-31(41-19-10-11-24-48-41)25-35-21-22-36(28-51)58-35/h4-19,21-22,24-25,27,39-40,42,44,51H,20,23,26,28-30H2,1-3H3/b31-25-/t39-,40+,42-,44-/m1/s1. The molecule has 0 saturated carbocycles. The Hall–Kier alpha value is -5.79. The number of furan rings is 1. The van der Waals surface area contributed by atoms with Gasteiger partial charge in [0, 0.05) is 24.2 Å². The van der Waals surface area contributed by atoms with Crippen LogP contribution in [0.4, 0.5) is 11.4 Å². The lowest BCUT2D eigenvalue weighted by molar-refractivity contribution is -0.384. The van der Waals surface area contributed by atoms with Crippen LogP contribution in [0.15, 0.2) is 137 Å². The highest BCUT2D eigenvalue weighted by molar-refractivity contribution is 6.99. The first-order valence-electron chi connectivity index (χ1n) is 20.0. The number of amides is 2. The fourth-order valence-electron chi connectivity index (χ4n) is 9.40. The number of hydrogen-bond donors (Lipinski definition) is 1. The number of benzene rings is 3. The maximum absolute atomic E-state index is 14.5. The number of nitrogens with zero attached hydrogens (tertiary/aromatic N) is 3. The number of imide groups is 1. The van der Waals surface area contributed by atoms with E-state index >= 15 is 0 Å². The molecule has 2 fully saturated rings. The number of nitro groups is 1. The van der Waals surface area contributed by atoms with Crippen LogP contribution in [0.1, 0.15) is 57.2 Å². The van der Waals surface area contributed by atoms with Gasteiger partial charge in [0.25, 0.3) is 14.0 Å². The van der Waals surface area contributed by atoms with Crippen molar-refractivity contribution < 1.29 is 33.2 Å². The Labute approximate surface area is 344 Å². The third kappa shape index (κ3) is 7.53. The quantitative estimate of drug-likeness (QED) is 0.0421. The third-order valence-electron chi connectivity index (χ3n) is 12.0. The number of ether oxygens (including phenoxy) is 1. The number of allylic oxidation sites excluding steroid dienone is 1. The molecule has 11 nitrogen and oxygen atoms in total. The van der Waals surface area contributed by atoms with E-state index in [1.165, 1.54) is 18.2 Å². The van der Waals surface area contributed by atoms with Gasteiger partial charge in [0.1, 0.15) is 18.1 Å². The number of fused-ring (bicyclic) bond motifs is 3. The first kappa shape index (κ1) is 40.0. The van der Waals surface area contributed by atoms with Crippen LogP contribution >= 0.6 is 0 Å². The Bertz CT molecular complexity index is 2370. The average Bonchev–Trinajstić information content (AvgIpc) is 3.96. The Morgan fingerprint density at radius 1 is 0.932 bits per heavy atom. The van der Waals surface area contributed by atoms with E-state index < -0.39 is 31.0 Å². The number of aliphatic hydroxyl groups excluding tert-OH is 1. The minimum atomic E-state index is -3.02. The molecule has 2 saturated heterocycles. The van der Waals surface area contributed by atoms with Crippen molar-refractivity contribution in [2.24, 2.45) is 17.8 Å². The molecule has 5 aromatic rings. The van der Waals surface area contributed by atoms with Crippen molar-refractivity contribution in [2.75, 3.05) is 18.1 Å². The average molecular weight is 810 g/mol. The predicted octanol–water partition coefficient (Wildman–Crippen LogP) is 7.49. The van der Waals surface area contributed by atoms with E-state index in [2.05, 4.69) is 50.0 Å². The van der Waals surface area contributed by atoms with E-state index in [1.54, 1.807) is 18.3 Å². The van der Waals surface area contributed by atoms with Crippen LogP contribution in [0.2, 0.25) is 5.04 Å². The highest BCUT2D eigenvalue weighted by atomic mass is 28.4. The maximum atomic E-state index is 14.5. The van der Waals surface area contributed by atoms with Gasteiger partial charge in [0.2, 0.25) is 11.8 Å². The van der Waals surface area contributed by atoms with Crippen LogP contribution < -0.4 is 15.3 Å². The smallest absolute Gasteiger partial charge is 0.271 e. The zero-order chi connectivity index (χ0) is 41.3. The number of carbonyl (C=O) groups excluding carboxylic acids is 2. The molecule has 4 heterocycles. The number of pyridine rings is 1. The summed E-state index contributed by atoms with van der Waals surface area (Å²) in [7, 11) is -3.02. The van der Waals surface area contributed by atoms with Gasteiger partial charge in [0.05, 0.1) is 47.5 Å². The van der Waals surface area contributed by atoms with Gasteiger partial charge >= 0.3 is 0 Å². The van der Waals surface area contributed by atoms with Gasteiger partial charge in [-0.25, -0.2) is 4.90 Å². The Balaban J connectivity index is 1.19. The summed E-state index contributed by atoms with van der Waals surface area (Å²) < 4.78 is 20.0. The normalized spacial score (nSPS) is 20.9. The lowest BCUT2D eigenvalue weighted by Crippen LogP contribution is -2.66. The summed E-state index contributed by atoms with van der Waals surface area (Å²) >= 11 is 0. The molecule has 0 radical (unpaired) electrons. The van der Waals surface area contributed by atoms with Crippen LogP contribution in [0, 0.1) is 27.9 Å². The van der Waals surface area contributed by atoms with Crippen molar-refractivity contribution >= 4 is 53.5 Å². The molecule has 12 heteroatoms. The largest absolute Gasteiger partial charge is 0.459 e. The van der Waals surface area contributed by atoms with Crippen molar-refractivity contribution in [1.82, 2.24) is 4.98 Å². The Kier molecular flexibility index (Phi) is 11.2. The van der Waals surface area contributed by atoms with Gasteiger partial charge in [-0.2, -0.15) is 0 Å². The zero-order valence-corrected chi connectivity index (χ0v) is 34.3. The summed E-state index contributed by atoms with van der Waals surface area (Å²) in [6.07, 6.45) is 4.69. The monoisotopic (exact) mass is 809 g/mol. The summed E-state index contributed by atoms with van der Waals surface area (Å²) in [5, 5.41) is 23.3. The molecule has 4 atom stereocenters. The number of aromatic nitrogens is 1. The van der Waals surface area contributed by atoms with Crippen molar-refractivity contribution in [3.05, 3.63) is 160 Å². The molecule has 1 aliphatic carbocycles. The van der Waals surface area contributed by atoms with E-state index in [4.69, 9.17) is 13.6 Å². The van der Waals surface area contributed by atoms with Crippen LogP contribution in [-0.2, 0) is 25.4 Å². The molecular weight excluding hydrogens is 763 g/mol. The van der Waals surface area contributed by atoms with Crippen molar-refractivity contribution in [1.29, 1.82) is 0 Å². The molecule has 0 unspecified atom stereocenters. The second-order valence-corrected chi connectivity index (χ2v) is 20.8. The lowest BCUT2D eigenvalue weighted by atomic mass is 9.69. The van der Waals surface area contributed by atoms with Gasteiger partial charge in [-0.15, -0.1) is 0 Å². The molecule has 2 aliphatic heterocycles. The molecule has 3 aliphatic rings. The summed E-state index contributed by atoms with van der Waals surface area (Å²) in [5.74, 6) is -1.45. The third-order valence-corrected chi connectivity index (χ3v) is 17.0. The number of nitro benzene ring substituents is 1. The highest BCUT2D eigenvalue weighted by Crippen LogP contribution is 2.51. The van der Waals surface area contributed by atoms with Gasteiger partial charge in [0.15, 0.2) is 0 Å².